The van der Waals surface area contributed by atoms with E-state index < -0.39 is 0 Å². The maximum absolute atomic E-state index is 4.28. The van der Waals surface area contributed by atoms with Gasteiger partial charge in [0.1, 0.15) is 0 Å². The molecule has 3 rings (SSSR count). The average Bonchev–Trinajstić information content (AvgIpc) is 3.02. The van der Waals surface area contributed by atoms with Crippen molar-refractivity contribution in [3.8, 4) is 0 Å². The predicted octanol–water partition coefficient (Wildman–Crippen LogP) is 1.07. The maximum atomic E-state index is 4.28. The van der Waals surface area contributed by atoms with Crippen LogP contribution in [0.3, 0.4) is 0 Å². The molecule has 0 saturated carbocycles. The number of nitrogens with one attached hydrogen (secondary N) is 1. The summed E-state index contributed by atoms with van der Waals surface area (Å²) in [6, 6.07) is 9.11. The average molecular weight is 257 g/mol. The Kier molecular flexibility index (Phi) is 3.29. The zero-order chi connectivity index (χ0) is 13.2. The van der Waals surface area contributed by atoms with E-state index in [0.29, 0.717) is 12.0 Å². The minimum absolute atomic E-state index is 0.368. The number of rotatable bonds is 4. The van der Waals surface area contributed by atoms with Gasteiger partial charge in [0.25, 0.3) is 0 Å². The zero-order valence-electron chi connectivity index (χ0n) is 11.4. The third kappa shape index (κ3) is 2.38. The van der Waals surface area contributed by atoms with Crippen molar-refractivity contribution >= 4 is 0 Å². The topological polar surface area (TPSA) is 55.6 Å². The number of hydrogen-bond donors (Lipinski definition) is 1. The number of benzene rings is 1. The fraction of sp³-hybridized carbons (Fsp3) is 0.500. The summed E-state index contributed by atoms with van der Waals surface area (Å²) < 4.78 is 0. The van der Waals surface area contributed by atoms with E-state index in [0.717, 1.165) is 12.2 Å². The van der Waals surface area contributed by atoms with Crippen LogP contribution in [0.1, 0.15) is 29.3 Å². The van der Waals surface area contributed by atoms with Crippen molar-refractivity contribution in [2.75, 3.05) is 7.05 Å². The molecule has 0 saturated heterocycles. The Morgan fingerprint density at radius 1 is 1.42 bits per heavy atom. The highest BCUT2D eigenvalue weighted by molar-refractivity contribution is 5.36. The van der Waals surface area contributed by atoms with Gasteiger partial charge in [-0.3, -0.25) is 0 Å². The molecule has 2 aromatic rings. The highest BCUT2D eigenvalue weighted by Crippen LogP contribution is 2.35. The fourth-order valence-electron chi connectivity index (χ4n) is 3.06. The molecule has 0 bridgehead atoms. The summed E-state index contributed by atoms with van der Waals surface area (Å²) in [5, 5.41) is 15.7. The quantitative estimate of drug-likeness (QED) is 0.890. The third-order valence-electron chi connectivity index (χ3n) is 3.99. The van der Waals surface area contributed by atoms with Crippen molar-refractivity contribution in [1.29, 1.82) is 0 Å². The van der Waals surface area contributed by atoms with E-state index in [4.69, 9.17) is 0 Å². The van der Waals surface area contributed by atoms with Crippen molar-refractivity contribution < 1.29 is 0 Å². The van der Waals surface area contributed by atoms with Gasteiger partial charge in [-0.1, -0.05) is 24.3 Å². The Morgan fingerprint density at radius 2 is 2.26 bits per heavy atom. The molecular weight excluding hydrogens is 238 g/mol. The molecule has 0 spiro atoms. The van der Waals surface area contributed by atoms with E-state index in [-0.39, 0.29) is 0 Å². The molecule has 0 amide bonds. The molecule has 1 aliphatic carbocycles. The van der Waals surface area contributed by atoms with Gasteiger partial charge in [0.2, 0.25) is 0 Å². The highest BCUT2D eigenvalue weighted by Gasteiger charge is 2.29. The van der Waals surface area contributed by atoms with E-state index >= 15 is 0 Å². The summed E-state index contributed by atoms with van der Waals surface area (Å²) >= 11 is 0. The second-order valence-corrected chi connectivity index (χ2v) is 5.14. The van der Waals surface area contributed by atoms with E-state index in [1.807, 2.05) is 7.05 Å². The first-order valence-corrected chi connectivity index (χ1v) is 6.76. The second kappa shape index (κ2) is 5.09. The molecule has 1 heterocycles. The van der Waals surface area contributed by atoms with Gasteiger partial charge < -0.3 is 5.32 Å². The van der Waals surface area contributed by atoms with Crippen LogP contribution in [0.4, 0.5) is 0 Å². The summed E-state index contributed by atoms with van der Waals surface area (Å²) in [6.45, 7) is 0. The predicted molar refractivity (Wildman–Crippen MR) is 72.9 cm³/mol. The molecule has 0 radical (unpaired) electrons. The summed E-state index contributed by atoms with van der Waals surface area (Å²) in [7, 11) is 3.82. The maximum Gasteiger partial charge on any atom is 0.176 e. The Morgan fingerprint density at radius 3 is 3.00 bits per heavy atom. The lowest BCUT2D eigenvalue weighted by atomic mass is 9.91. The first-order chi connectivity index (χ1) is 9.28. The zero-order valence-corrected chi connectivity index (χ0v) is 11.4. The van der Waals surface area contributed by atoms with Crippen LogP contribution >= 0.6 is 0 Å². The van der Waals surface area contributed by atoms with Crippen LogP contribution in [0, 0.1) is 0 Å². The molecule has 2 unspecified atom stereocenters. The summed E-state index contributed by atoms with van der Waals surface area (Å²) in [5.74, 6) is 1.36. The molecule has 5 heteroatoms. The van der Waals surface area contributed by atoms with Gasteiger partial charge in [-0.05, 0) is 36.2 Å². The molecular formula is C14H19N5. The molecule has 1 N–H and O–H groups in total. The normalized spacial score (nSPS) is 19.4. The number of likely N-dealkylation sites (N-methyl/N-ethyl adjacent to an activating group) is 1. The summed E-state index contributed by atoms with van der Waals surface area (Å²) in [6.07, 6.45) is 3.20. The first kappa shape index (κ1) is 12.3. The first-order valence-electron chi connectivity index (χ1n) is 6.76. The molecule has 19 heavy (non-hydrogen) atoms. The van der Waals surface area contributed by atoms with E-state index in [2.05, 4.69) is 45.0 Å². The lowest BCUT2D eigenvalue weighted by Gasteiger charge is -2.22. The molecule has 5 nitrogen and oxygen atoms in total. The minimum Gasteiger partial charge on any atom is -0.316 e. The number of nitrogens with zero attached hydrogens (tertiary/aromatic N) is 4. The van der Waals surface area contributed by atoms with Gasteiger partial charge in [-0.15, -0.1) is 10.2 Å². The van der Waals surface area contributed by atoms with Crippen molar-refractivity contribution in [2.45, 2.75) is 31.2 Å². The van der Waals surface area contributed by atoms with Crippen LogP contribution in [0.5, 0.6) is 0 Å². The lowest BCUT2D eigenvalue weighted by molar-refractivity contribution is 0.447. The number of fused-ring (bicyclic) bond motifs is 1. The molecule has 2 atom stereocenters. The van der Waals surface area contributed by atoms with Crippen LogP contribution < -0.4 is 5.32 Å². The van der Waals surface area contributed by atoms with Crippen molar-refractivity contribution in [3.63, 3.8) is 0 Å². The number of tetrazole rings is 1. The SMILES string of the molecule is CNC(Cc1nnn(C)n1)C1CCc2ccccc21. The van der Waals surface area contributed by atoms with E-state index in [1.165, 1.54) is 28.8 Å². The molecule has 0 fully saturated rings. The van der Waals surface area contributed by atoms with Gasteiger partial charge in [-0.2, -0.15) is 4.80 Å². The Hall–Kier alpha value is -1.75. The van der Waals surface area contributed by atoms with Gasteiger partial charge in [0.05, 0.1) is 7.05 Å². The molecule has 1 aromatic heterocycles. The van der Waals surface area contributed by atoms with Gasteiger partial charge in [0.15, 0.2) is 5.82 Å². The summed E-state index contributed by atoms with van der Waals surface area (Å²) in [5.41, 5.74) is 2.96. The molecule has 1 aliphatic rings. The molecule has 0 aliphatic heterocycles. The highest BCUT2D eigenvalue weighted by atomic mass is 15.6. The fourth-order valence-corrected chi connectivity index (χ4v) is 3.06. The van der Waals surface area contributed by atoms with E-state index in [9.17, 15) is 0 Å². The van der Waals surface area contributed by atoms with Crippen LogP contribution in [0.2, 0.25) is 0 Å². The van der Waals surface area contributed by atoms with Crippen molar-refractivity contribution in [1.82, 2.24) is 25.5 Å². The van der Waals surface area contributed by atoms with Gasteiger partial charge >= 0.3 is 0 Å². The summed E-state index contributed by atoms with van der Waals surface area (Å²) in [4.78, 5) is 1.52. The minimum atomic E-state index is 0.368. The monoisotopic (exact) mass is 257 g/mol. The number of hydrogen-bond acceptors (Lipinski definition) is 4. The van der Waals surface area contributed by atoms with Crippen LogP contribution in [0.15, 0.2) is 24.3 Å². The van der Waals surface area contributed by atoms with Crippen molar-refractivity contribution in [2.24, 2.45) is 7.05 Å². The van der Waals surface area contributed by atoms with Crippen molar-refractivity contribution in [3.05, 3.63) is 41.2 Å². The molecule has 100 valence electrons. The standard InChI is InChI=1S/C14H19N5/c1-15-13(9-14-16-18-19(2)17-14)12-8-7-10-5-3-4-6-11(10)12/h3-6,12-13,15H,7-9H2,1-2H3. The Bertz CT molecular complexity index is 562. The van der Waals surface area contributed by atoms with E-state index in [1.54, 1.807) is 7.05 Å². The smallest absolute Gasteiger partial charge is 0.176 e. The molecule has 1 aromatic carbocycles. The second-order valence-electron chi connectivity index (χ2n) is 5.14. The van der Waals surface area contributed by atoms with Crippen LogP contribution in [0.25, 0.3) is 0 Å². The Balaban J connectivity index is 1.80. The van der Waals surface area contributed by atoms with Crippen LogP contribution in [-0.4, -0.2) is 33.3 Å². The van der Waals surface area contributed by atoms with Gasteiger partial charge in [-0.25, -0.2) is 0 Å². The third-order valence-corrected chi connectivity index (χ3v) is 3.99. The lowest BCUT2D eigenvalue weighted by Crippen LogP contribution is -2.33. The van der Waals surface area contributed by atoms with Gasteiger partial charge in [0, 0.05) is 18.4 Å². The number of aryl methyl sites for hydroxylation is 2. The van der Waals surface area contributed by atoms with Crippen LogP contribution in [-0.2, 0) is 19.9 Å². The number of aromatic nitrogens is 4. The Labute approximate surface area is 113 Å². The largest absolute Gasteiger partial charge is 0.316 e.